The molecule has 2 aromatic carbocycles. The lowest BCUT2D eigenvalue weighted by Crippen LogP contribution is -2.13. The van der Waals surface area contributed by atoms with Gasteiger partial charge in [-0.1, -0.05) is 40.7 Å². The van der Waals surface area contributed by atoms with Gasteiger partial charge >= 0.3 is 0 Å². The maximum Gasteiger partial charge on any atom is 0.290 e. The van der Waals surface area contributed by atoms with E-state index in [-0.39, 0.29) is 5.56 Å². The van der Waals surface area contributed by atoms with Crippen molar-refractivity contribution in [2.24, 2.45) is 0 Å². The van der Waals surface area contributed by atoms with Crippen LogP contribution in [-0.2, 0) is 5.75 Å². The average molecular weight is 477 g/mol. The summed E-state index contributed by atoms with van der Waals surface area (Å²) in [4.78, 5) is 16.9. The van der Waals surface area contributed by atoms with Crippen molar-refractivity contribution in [3.05, 3.63) is 70.3 Å². The van der Waals surface area contributed by atoms with Gasteiger partial charge in [-0.15, -0.1) is 5.10 Å². The van der Waals surface area contributed by atoms with Crippen molar-refractivity contribution in [3.63, 3.8) is 0 Å². The van der Waals surface area contributed by atoms with Crippen LogP contribution in [0.4, 0.5) is 0 Å². The third-order valence-electron chi connectivity index (χ3n) is 5.12. The number of methoxy groups -OCH3 is 2. The Morgan fingerprint density at radius 3 is 2.71 bits per heavy atom. The summed E-state index contributed by atoms with van der Waals surface area (Å²) in [6, 6.07) is 15.0. The molecule has 5 aromatic rings. The fraction of sp³-hybridized carbons (Fsp3) is 0.174. The van der Waals surface area contributed by atoms with Crippen molar-refractivity contribution >= 4 is 17.3 Å². The molecule has 0 bridgehead atoms. The summed E-state index contributed by atoms with van der Waals surface area (Å²) < 4.78 is 17.6. The number of ether oxygens (including phenoxy) is 2. The van der Waals surface area contributed by atoms with E-state index >= 15 is 0 Å². The molecule has 10 nitrogen and oxygen atoms in total. The van der Waals surface area contributed by atoms with E-state index in [1.165, 1.54) is 16.3 Å². The first-order valence-corrected chi connectivity index (χ1v) is 11.3. The Kier molecular flexibility index (Phi) is 5.76. The van der Waals surface area contributed by atoms with Crippen LogP contribution < -0.4 is 15.0 Å². The summed E-state index contributed by atoms with van der Waals surface area (Å²) >= 11 is 1.32. The molecule has 0 unspecified atom stereocenters. The van der Waals surface area contributed by atoms with E-state index in [4.69, 9.17) is 14.0 Å². The second-order valence-electron chi connectivity index (χ2n) is 7.40. The highest BCUT2D eigenvalue weighted by atomic mass is 32.2. The molecule has 34 heavy (non-hydrogen) atoms. The first-order valence-electron chi connectivity index (χ1n) is 10.3. The normalized spacial score (nSPS) is 11.1. The molecule has 0 spiro atoms. The fourth-order valence-corrected chi connectivity index (χ4v) is 4.20. The first kappa shape index (κ1) is 21.7. The van der Waals surface area contributed by atoms with Gasteiger partial charge in [-0.25, -0.2) is 9.61 Å². The Bertz CT molecular complexity index is 1540. The van der Waals surface area contributed by atoms with E-state index in [1.807, 2.05) is 37.3 Å². The second-order valence-corrected chi connectivity index (χ2v) is 8.34. The summed E-state index contributed by atoms with van der Waals surface area (Å²) in [6.07, 6.45) is 0. The van der Waals surface area contributed by atoms with Crippen molar-refractivity contribution in [1.29, 1.82) is 0 Å². The zero-order valence-electron chi connectivity index (χ0n) is 18.6. The van der Waals surface area contributed by atoms with Gasteiger partial charge in [0.1, 0.15) is 5.52 Å². The van der Waals surface area contributed by atoms with Crippen molar-refractivity contribution in [2.45, 2.75) is 17.8 Å². The molecule has 3 aromatic heterocycles. The topological polar surface area (TPSA) is 120 Å². The highest BCUT2D eigenvalue weighted by molar-refractivity contribution is 7.98. The molecule has 0 saturated carbocycles. The third kappa shape index (κ3) is 4.13. The SMILES string of the molecule is COc1ccc(-c2cc3c(=O)[nH]nc(SCc4nc(-c5cccc(C)c5)no4)n3n2)cc1OC. The van der Waals surface area contributed by atoms with E-state index in [2.05, 4.69) is 25.4 Å². The minimum atomic E-state index is -0.344. The molecule has 0 aliphatic rings. The Hall–Kier alpha value is -4.12. The Morgan fingerprint density at radius 1 is 1.06 bits per heavy atom. The summed E-state index contributed by atoms with van der Waals surface area (Å²) in [5.74, 6) is 2.50. The molecule has 0 fully saturated rings. The summed E-state index contributed by atoms with van der Waals surface area (Å²) in [6.45, 7) is 2.01. The largest absolute Gasteiger partial charge is 0.493 e. The molecule has 172 valence electrons. The number of rotatable bonds is 7. The third-order valence-corrected chi connectivity index (χ3v) is 6.04. The monoisotopic (exact) mass is 476 g/mol. The molecule has 0 aliphatic heterocycles. The number of aromatic nitrogens is 6. The Morgan fingerprint density at radius 2 is 1.91 bits per heavy atom. The van der Waals surface area contributed by atoms with Crippen molar-refractivity contribution < 1.29 is 14.0 Å². The minimum absolute atomic E-state index is 0.344. The van der Waals surface area contributed by atoms with Crippen LogP contribution in [0.3, 0.4) is 0 Å². The van der Waals surface area contributed by atoms with Gasteiger partial charge in [-0.3, -0.25) is 4.79 Å². The van der Waals surface area contributed by atoms with E-state index in [9.17, 15) is 4.79 Å². The average Bonchev–Trinajstić information content (AvgIpc) is 3.52. The standard InChI is InChI=1S/C23H20N6O4S/c1-13-5-4-6-15(9-13)21-24-20(33-28-21)12-34-23-26-25-22(30)17-11-16(27-29(17)23)14-7-8-18(31-2)19(10-14)32-3/h4-11H,12H2,1-3H3,(H,25,30). The van der Waals surface area contributed by atoms with Crippen LogP contribution >= 0.6 is 11.8 Å². The van der Waals surface area contributed by atoms with Crippen LogP contribution in [0.2, 0.25) is 0 Å². The molecule has 0 amide bonds. The van der Waals surface area contributed by atoms with Gasteiger partial charge in [-0.05, 0) is 37.3 Å². The molecule has 0 radical (unpaired) electrons. The van der Waals surface area contributed by atoms with Crippen molar-refractivity contribution in [1.82, 2.24) is 30.0 Å². The van der Waals surface area contributed by atoms with Crippen LogP contribution in [0.15, 0.2) is 63.0 Å². The Balaban J connectivity index is 1.42. The van der Waals surface area contributed by atoms with Gasteiger partial charge < -0.3 is 14.0 Å². The van der Waals surface area contributed by atoms with Gasteiger partial charge in [0.25, 0.3) is 5.56 Å². The fourth-order valence-electron chi connectivity index (χ4n) is 3.46. The number of hydrogen-bond acceptors (Lipinski definition) is 9. The molecule has 3 heterocycles. The summed E-state index contributed by atoms with van der Waals surface area (Å²) in [7, 11) is 3.14. The van der Waals surface area contributed by atoms with Gasteiger partial charge in [0.15, 0.2) is 11.5 Å². The predicted molar refractivity (Wildman–Crippen MR) is 126 cm³/mol. The number of hydrogen-bond donors (Lipinski definition) is 1. The number of nitrogens with zero attached hydrogens (tertiary/aromatic N) is 5. The smallest absolute Gasteiger partial charge is 0.290 e. The highest BCUT2D eigenvalue weighted by Crippen LogP contribution is 2.32. The van der Waals surface area contributed by atoms with Gasteiger partial charge in [0.05, 0.1) is 25.7 Å². The molecule has 1 N–H and O–H groups in total. The number of thioether (sulfide) groups is 1. The molecule has 0 aliphatic carbocycles. The van der Waals surface area contributed by atoms with Crippen molar-refractivity contribution in [2.75, 3.05) is 14.2 Å². The van der Waals surface area contributed by atoms with E-state index in [1.54, 1.807) is 32.4 Å². The molecule has 0 atom stereocenters. The number of H-pyrrole nitrogens is 1. The maximum atomic E-state index is 12.4. The van der Waals surface area contributed by atoms with E-state index in [0.29, 0.717) is 45.3 Å². The predicted octanol–water partition coefficient (Wildman–Crippen LogP) is 3.75. The lowest BCUT2D eigenvalue weighted by atomic mass is 10.1. The minimum Gasteiger partial charge on any atom is -0.493 e. The zero-order chi connectivity index (χ0) is 23.7. The zero-order valence-corrected chi connectivity index (χ0v) is 19.4. The van der Waals surface area contributed by atoms with Crippen LogP contribution in [0.1, 0.15) is 11.5 Å². The van der Waals surface area contributed by atoms with Gasteiger partial charge in [0.2, 0.25) is 16.9 Å². The number of fused-ring (bicyclic) bond motifs is 1. The summed E-state index contributed by atoms with van der Waals surface area (Å²) in [5, 5.41) is 15.8. The molecule has 5 rings (SSSR count). The van der Waals surface area contributed by atoms with Gasteiger partial charge in [0, 0.05) is 11.1 Å². The van der Waals surface area contributed by atoms with Crippen LogP contribution in [0, 0.1) is 6.92 Å². The lowest BCUT2D eigenvalue weighted by Gasteiger charge is -2.08. The number of nitrogens with one attached hydrogen (secondary N) is 1. The quantitative estimate of drug-likeness (QED) is 0.350. The number of aryl methyl sites for hydroxylation is 1. The number of benzene rings is 2. The summed E-state index contributed by atoms with van der Waals surface area (Å²) in [5.41, 5.74) is 3.40. The Labute approximate surface area is 197 Å². The molecular weight excluding hydrogens is 456 g/mol. The highest BCUT2D eigenvalue weighted by Gasteiger charge is 2.16. The van der Waals surface area contributed by atoms with E-state index < -0.39 is 0 Å². The molecule has 11 heteroatoms. The van der Waals surface area contributed by atoms with Crippen LogP contribution in [-0.4, -0.2) is 44.2 Å². The van der Waals surface area contributed by atoms with Crippen LogP contribution in [0.25, 0.3) is 28.2 Å². The lowest BCUT2D eigenvalue weighted by molar-refractivity contribution is 0.355. The number of aromatic amines is 1. The van der Waals surface area contributed by atoms with Crippen LogP contribution in [0.5, 0.6) is 11.5 Å². The second kappa shape index (κ2) is 9.02. The van der Waals surface area contributed by atoms with Gasteiger partial charge in [-0.2, -0.15) is 10.1 Å². The maximum absolute atomic E-state index is 12.4. The molecule has 0 saturated heterocycles. The first-order chi connectivity index (χ1) is 16.6. The molecular formula is C23H20N6O4S. The van der Waals surface area contributed by atoms with Crippen molar-refractivity contribution in [3.8, 4) is 34.1 Å². The van der Waals surface area contributed by atoms with E-state index in [0.717, 1.165) is 16.7 Å².